The summed E-state index contributed by atoms with van der Waals surface area (Å²) in [5, 5.41) is 10.6. The number of para-hydroxylation sites is 1. The van der Waals surface area contributed by atoms with Crippen LogP contribution < -0.4 is 15.4 Å². The van der Waals surface area contributed by atoms with Crippen LogP contribution in [0.2, 0.25) is 0 Å². The maximum atomic E-state index is 5.68. The molecule has 1 aromatic carbocycles. The van der Waals surface area contributed by atoms with E-state index in [2.05, 4.69) is 41.2 Å². The molecule has 0 unspecified atom stereocenters. The van der Waals surface area contributed by atoms with Crippen LogP contribution in [-0.4, -0.2) is 24.3 Å². The Hall–Kier alpha value is -2.76. The van der Waals surface area contributed by atoms with Crippen molar-refractivity contribution in [2.24, 2.45) is 4.99 Å². The molecular weight excluding hydrogens is 328 g/mol. The lowest BCUT2D eigenvalue weighted by atomic mass is 10.1. The number of aromatic nitrogens is 1. The van der Waals surface area contributed by atoms with E-state index >= 15 is 0 Å². The summed E-state index contributed by atoms with van der Waals surface area (Å²) in [5.74, 6) is 2.67. The summed E-state index contributed by atoms with van der Waals surface area (Å²) in [6, 6.07) is 9.85. The zero-order valence-corrected chi connectivity index (χ0v) is 15.8. The third-order valence-corrected chi connectivity index (χ3v) is 3.68. The molecule has 1 heterocycles. The van der Waals surface area contributed by atoms with E-state index in [-0.39, 0.29) is 0 Å². The highest BCUT2D eigenvalue weighted by Crippen LogP contribution is 2.19. The third-order valence-electron chi connectivity index (χ3n) is 3.68. The predicted octanol–water partition coefficient (Wildman–Crippen LogP) is 3.62. The molecule has 0 spiro atoms. The fourth-order valence-electron chi connectivity index (χ4n) is 2.29. The summed E-state index contributed by atoms with van der Waals surface area (Å²) in [4.78, 5) is 4.64. The molecule has 2 aromatic rings. The minimum Gasteiger partial charge on any atom is -0.489 e. The van der Waals surface area contributed by atoms with Gasteiger partial charge in [0.25, 0.3) is 0 Å². The van der Waals surface area contributed by atoms with Gasteiger partial charge in [0.15, 0.2) is 11.7 Å². The monoisotopic (exact) mass is 356 g/mol. The fraction of sp³-hybridized carbons (Fsp3) is 0.400. The number of hydrogen-bond donors (Lipinski definition) is 2. The van der Waals surface area contributed by atoms with Gasteiger partial charge in [-0.1, -0.05) is 49.9 Å². The van der Waals surface area contributed by atoms with Crippen LogP contribution in [0.4, 0.5) is 0 Å². The number of nitrogens with one attached hydrogen (secondary N) is 2. The van der Waals surface area contributed by atoms with Crippen molar-refractivity contribution in [1.29, 1.82) is 0 Å². The van der Waals surface area contributed by atoms with Crippen LogP contribution in [0.15, 0.2) is 52.5 Å². The summed E-state index contributed by atoms with van der Waals surface area (Å²) in [7, 11) is 0. The lowest BCUT2D eigenvalue weighted by Crippen LogP contribution is -2.36. The van der Waals surface area contributed by atoms with Gasteiger partial charge in [-0.2, -0.15) is 0 Å². The molecule has 0 amide bonds. The van der Waals surface area contributed by atoms with E-state index in [0.717, 1.165) is 29.3 Å². The first-order chi connectivity index (χ1) is 12.6. The Morgan fingerprint density at radius 1 is 1.35 bits per heavy atom. The summed E-state index contributed by atoms with van der Waals surface area (Å²) in [5.41, 5.74) is 1.98. The van der Waals surface area contributed by atoms with Crippen molar-refractivity contribution in [2.45, 2.75) is 39.8 Å². The van der Waals surface area contributed by atoms with Crippen LogP contribution in [0.5, 0.6) is 5.75 Å². The molecule has 26 heavy (non-hydrogen) atoms. The largest absolute Gasteiger partial charge is 0.489 e. The van der Waals surface area contributed by atoms with Crippen LogP contribution in [0.25, 0.3) is 0 Å². The van der Waals surface area contributed by atoms with Crippen LogP contribution >= 0.6 is 0 Å². The Kier molecular flexibility index (Phi) is 7.74. The highest BCUT2D eigenvalue weighted by Gasteiger charge is 2.08. The maximum Gasteiger partial charge on any atom is 0.191 e. The molecule has 0 saturated carbocycles. The quantitative estimate of drug-likeness (QED) is 0.408. The molecule has 140 valence electrons. The van der Waals surface area contributed by atoms with Gasteiger partial charge < -0.3 is 19.9 Å². The van der Waals surface area contributed by atoms with E-state index in [9.17, 15) is 0 Å². The van der Waals surface area contributed by atoms with E-state index in [1.807, 2.05) is 37.3 Å². The van der Waals surface area contributed by atoms with Gasteiger partial charge in [-0.25, -0.2) is 4.99 Å². The Balaban J connectivity index is 2.00. The van der Waals surface area contributed by atoms with Crippen molar-refractivity contribution in [1.82, 2.24) is 15.8 Å². The van der Waals surface area contributed by atoms with Gasteiger partial charge in [-0.05, 0) is 18.9 Å². The molecule has 0 aliphatic heterocycles. The number of aliphatic imine (C=N–C) groups is 1. The summed E-state index contributed by atoms with van der Waals surface area (Å²) >= 11 is 0. The second kappa shape index (κ2) is 10.3. The number of nitrogens with zero attached hydrogens (tertiary/aromatic N) is 2. The fourth-order valence-corrected chi connectivity index (χ4v) is 2.29. The van der Waals surface area contributed by atoms with Gasteiger partial charge in [-0.15, -0.1) is 0 Å². The standard InChI is InChI=1S/C20H28N4O2/c1-5-11-25-19-10-8-7-9-16(19)13-22-20(21-6-2)23-14-17-12-18(15(3)4)24-26-17/h5,7-10,12,15H,1,6,11,13-14H2,2-4H3,(H2,21,22,23). The topological polar surface area (TPSA) is 71.7 Å². The van der Waals surface area contributed by atoms with E-state index in [1.54, 1.807) is 6.08 Å². The molecule has 2 rings (SSSR count). The Labute approximate surface area is 155 Å². The summed E-state index contributed by atoms with van der Waals surface area (Å²) < 4.78 is 11.0. The minimum atomic E-state index is 0.349. The number of hydrogen-bond acceptors (Lipinski definition) is 4. The van der Waals surface area contributed by atoms with Crippen molar-refractivity contribution in [2.75, 3.05) is 13.2 Å². The van der Waals surface area contributed by atoms with Crippen molar-refractivity contribution in [3.8, 4) is 5.75 Å². The van der Waals surface area contributed by atoms with Crippen molar-refractivity contribution in [3.05, 3.63) is 60.0 Å². The second-order valence-electron chi connectivity index (χ2n) is 6.13. The summed E-state index contributed by atoms with van der Waals surface area (Å²) in [6.45, 7) is 12.2. The first kappa shape index (κ1) is 19.6. The maximum absolute atomic E-state index is 5.68. The van der Waals surface area contributed by atoms with Crippen molar-refractivity contribution < 1.29 is 9.26 Å². The SMILES string of the molecule is C=CCOc1ccccc1CN=C(NCC)NCc1cc(C(C)C)no1. The van der Waals surface area contributed by atoms with Crippen LogP contribution in [0.1, 0.15) is 43.7 Å². The lowest BCUT2D eigenvalue weighted by molar-refractivity contribution is 0.359. The molecule has 1 aromatic heterocycles. The molecule has 2 N–H and O–H groups in total. The van der Waals surface area contributed by atoms with Gasteiger partial charge in [0, 0.05) is 18.2 Å². The van der Waals surface area contributed by atoms with Crippen LogP contribution in [-0.2, 0) is 13.1 Å². The molecule has 0 aliphatic carbocycles. The molecule has 0 radical (unpaired) electrons. The van der Waals surface area contributed by atoms with Gasteiger partial charge in [0.1, 0.15) is 12.4 Å². The van der Waals surface area contributed by atoms with Crippen LogP contribution in [0, 0.1) is 0 Å². The third kappa shape index (κ3) is 5.95. The zero-order valence-electron chi connectivity index (χ0n) is 15.8. The minimum absolute atomic E-state index is 0.349. The van der Waals surface area contributed by atoms with E-state index in [0.29, 0.717) is 31.6 Å². The smallest absolute Gasteiger partial charge is 0.191 e. The Bertz CT molecular complexity index is 722. The number of ether oxygens (including phenoxy) is 1. The van der Waals surface area contributed by atoms with Crippen molar-refractivity contribution in [3.63, 3.8) is 0 Å². The average Bonchev–Trinajstić information content (AvgIpc) is 3.12. The van der Waals surface area contributed by atoms with Gasteiger partial charge in [0.2, 0.25) is 0 Å². The van der Waals surface area contributed by atoms with Gasteiger partial charge in [-0.3, -0.25) is 0 Å². The molecule has 0 atom stereocenters. The van der Waals surface area contributed by atoms with Gasteiger partial charge in [0.05, 0.1) is 18.8 Å². The molecule has 6 nitrogen and oxygen atoms in total. The number of guanidine groups is 1. The molecule has 6 heteroatoms. The number of benzene rings is 1. The lowest BCUT2D eigenvalue weighted by Gasteiger charge is -2.11. The van der Waals surface area contributed by atoms with E-state index < -0.39 is 0 Å². The Morgan fingerprint density at radius 2 is 2.15 bits per heavy atom. The highest BCUT2D eigenvalue weighted by molar-refractivity contribution is 5.79. The first-order valence-electron chi connectivity index (χ1n) is 8.93. The molecule has 0 bridgehead atoms. The first-order valence-corrected chi connectivity index (χ1v) is 8.93. The summed E-state index contributed by atoms with van der Waals surface area (Å²) in [6.07, 6.45) is 1.73. The second-order valence-corrected chi connectivity index (χ2v) is 6.13. The molecule has 0 saturated heterocycles. The van der Waals surface area contributed by atoms with Crippen LogP contribution in [0.3, 0.4) is 0 Å². The van der Waals surface area contributed by atoms with Crippen molar-refractivity contribution >= 4 is 5.96 Å². The molecule has 0 fully saturated rings. The molecular formula is C20H28N4O2. The average molecular weight is 356 g/mol. The number of rotatable bonds is 9. The van der Waals surface area contributed by atoms with Gasteiger partial charge >= 0.3 is 0 Å². The highest BCUT2D eigenvalue weighted by atomic mass is 16.5. The molecule has 0 aliphatic rings. The van der Waals surface area contributed by atoms with E-state index in [4.69, 9.17) is 9.26 Å². The van der Waals surface area contributed by atoms with E-state index in [1.165, 1.54) is 0 Å². The Morgan fingerprint density at radius 3 is 2.85 bits per heavy atom. The normalized spacial score (nSPS) is 11.5. The predicted molar refractivity (Wildman–Crippen MR) is 104 cm³/mol. The zero-order chi connectivity index (χ0) is 18.8.